The Morgan fingerprint density at radius 1 is 1.33 bits per heavy atom. The van der Waals surface area contributed by atoms with Crippen LogP contribution in [0.1, 0.15) is 6.92 Å². The van der Waals surface area contributed by atoms with Gasteiger partial charge in [-0.1, -0.05) is 0 Å². The Labute approximate surface area is 114 Å². The molecule has 2 heterocycles. The van der Waals surface area contributed by atoms with E-state index in [4.69, 9.17) is 5.73 Å². The van der Waals surface area contributed by atoms with Gasteiger partial charge >= 0.3 is 0 Å². The van der Waals surface area contributed by atoms with Crippen LogP contribution in [-0.2, 0) is 4.79 Å². The van der Waals surface area contributed by atoms with E-state index in [1.165, 1.54) is 0 Å². The summed E-state index contributed by atoms with van der Waals surface area (Å²) in [6.07, 6.45) is 3.45. The number of nitrogens with two attached hydrogens (primary N) is 1. The zero-order valence-electron chi connectivity index (χ0n) is 10.2. The summed E-state index contributed by atoms with van der Waals surface area (Å²) in [4.78, 5) is 24.1. The minimum atomic E-state index is -0.430. The fourth-order valence-corrected chi connectivity index (χ4v) is 2.09. The van der Waals surface area contributed by atoms with Crippen molar-refractivity contribution >= 4 is 27.8 Å². The quantitative estimate of drug-likeness (QED) is 0.846. The highest BCUT2D eigenvalue weighted by molar-refractivity contribution is 9.10. The first kappa shape index (κ1) is 13.2. The highest BCUT2D eigenvalue weighted by Gasteiger charge is 2.24. The van der Waals surface area contributed by atoms with E-state index >= 15 is 0 Å². The molecule has 0 unspecified atom stereocenters. The molecule has 2 rings (SSSR count). The number of amides is 1. The molecular weight excluding hydrogens is 298 g/mol. The van der Waals surface area contributed by atoms with Crippen LogP contribution in [0.4, 0.5) is 5.95 Å². The van der Waals surface area contributed by atoms with Crippen LogP contribution in [0.2, 0.25) is 0 Å². The zero-order valence-corrected chi connectivity index (χ0v) is 11.8. The second-order valence-electron chi connectivity index (χ2n) is 4.30. The zero-order chi connectivity index (χ0) is 13.1. The Morgan fingerprint density at radius 2 is 1.89 bits per heavy atom. The molecule has 0 spiro atoms. The molecule has 0 bridgehead atoms. The van der Waals surface area contributed by atoms with Gasteiger partial charge in [0.25, 0.3) is 0 Å². The van der Waals surface area contributed by atoms with Crippen molar-refractivity contribution in [1.82, 2.24) is 14.9 Å². The van der Waals surface area contributed by atoms with Crippen molar-refractivity contribution < 1.29 is 4.79 Å². The van der Waals surface area contributed by atoms with Crippen LogP contribution in [0.15, 0.2) is 16.9 Å². The fraction of sp³-hybridized carbons (Fsp3) is 0.545. The highest BCUT2D eigenvalue weighted by atomic mass is 79.9. The van der Waals surface area contributed by atoms with Gasteiger partial charge in [0, 0.05) is 38.6 Å². The molecular formula is C11H16BrN5O. The van der Waals surface area contributed by atoms with E-state index in [1.54, 1.807) is 24.2 Å². The summed E-state index contributed by atoms with van der Waals surface area (Å²) >= 11 is 3.30. The number of halogens is 1. The maximum Gasteiger partial charge on any atom is 0.239 e. The van der Waals surface area contributed by atoms with Crippen LogP contribution >= 0.6 is 15.9 Å². The van der Waals surface area contributed by atoms with Crippen LogP contribution in [0.5, 0.6) is 0 Å². The van der Waals surface area contributed by atoms with Crippen molar-refractivity contribution in [3.63, 3.8) is 0 Å². The summed E-state index contributed by atoms with van der Waals surface area (Å²) < 4.78 is 0.858. The summed E-state index contributed by atoms with van der Waals surface area (Å²) in [5.74, 6) is 0.706. The van der Waals surface area contributed by atoms with Gasteiger partial charge in [-0.15, -0.1) is 0 Å². The fourth-order valence-electron chi connectivity index (χ4n) is 1.88. The van der Waals surface area contributed by atoms with E-state index in [-0.39, 0.29) is 5.91 Å². The molecule has 2 N–H and O–H groups in total. The van der Waals surface area contributed by atoms with Crippen molar-refractivity contribution in [2.45, 2.75) is 13.0 Å². The normalized spacial score (nSPS) is 17.7. The van der Waals surface area contributed by atoms with Crippen LogP contribution in [0, 0.1) is 0 Å². The SMILES string of the molecule is C[C@@H](N)C(=O)N1CCN(c2ncc(Br)cn2)CC1. The Hall–Kier alpha value is -1.21. The predicted octanol–water partition coefficient (Wildman–Crippen LogP) is 0.235. The van der Waals surface area contributed by atoms with E-state index in [1.807, 2.05) is 0 Å². The molecule has 0 saturated carbocycles. The molecule has 1 aliphatic heterocycles. The lowest BCUT2D eigenvalue weighted by Gasteiger charge is -2.35. The van der Waals surface area contributed by atoms with Crippen molar-refractivity contribution in [2.24, 2.45) is 5.73 Å². The Bertz CT molecular complexity index is 414. The van der Waals surface area contributed by atoms with Crippen molar-refractivity contribution in [1.29, 1.82) is 0 Å². The smallest absolute Gasteiger partial charge is 0.239 e. The van der Waals surface area contributed by atoms with Crippen LogP contribution in [0.25, 0.3) is 0 Å². The van der Waals surface area contributed by atoms with Crippen molar-refractivity contribution in [3.05, 3.63) is 16.9 Å². The van der Waals surface area contributed by atoms with E-state index < -0.39 is 6.04 Å². The molecule has 1 atom stereocenters. The molecule has 0 aromatic carbocycles. The van der Waals surface area contributed by atoms with Crippen LogP contribution in [0.3, 0.4) is 0 Å². The molecule has 98 valence electrons. The summed E-state index contributed by atoms with van der Waals surface area (Å²) in [5.41, 5.74) is 5.59. The van der Waals surface area contributed by atoms with Gasteiger partial charge in [-0.3, -0.25) is 4.79 Å². The Morgan fingerprint density at radius 3 is 2.39 bits per heavy atom. The monoisotopic (exact) mass is 313 g/mol. The van der Waals surface area contributed by atoms with Crippen molar-refractivity contribution in [2.75, 3.05) is 31.1 Å². The van der Waals surface area contributed by atoms with Gasteiger partial charge in [-0.25, -0.2) is 9.97 Å². The van der Waals surface area contributed by atoms with Gasteiger partial charge < -0.3 is 15.5 Å². The minimum Gasteiger partial charge on any atom is -0.338 e. The maximum absolute atomic E-state index is 11.7. The van der Waals surface area contributed by atoms with Gasteiger partial charge in [0.05, 0.1) is 10.5 Å². The molecule has 1 aromatic rings. The van der Waals surface area contributed by atoms with E-state index in [2.05, 4.69) is 30.8 Å². The van der Waals surface area contributed by atoms with E-state index in [0.29, 0.717) is 19.0 Å². The molecule has 1 aliphatic rings. The summed E-state index contributed by atoms with van der Waals surface area (Å²) in [6.45, 7) is 4.52. The first-order valence-electron chi connectivity index (χ1n) is 5.85. The number of hydrogen-bond donors (Lipinski definition) is 1. The van der Waals surface area contributed by atoms with Gasteiger partial charge in [0.2, 0.25) is 11.9 Å². The Kier molecular flexibility index (Phi) is 4.13. The average molecular weight is 314 g/mol. The van der Waals surface area contributed by atoms with Gasteiger partial charge in [0.1, 0.15) is 0 Å². The molecule has 1 amide bonds. The number of carbonyl (C=O) groups excluding carboxylic acids is 1. The average Bonchev–Trinajstić information content (AvgIpc) is 2.39. The molecule has 6 nitrogen and oxygen atoms in total. The molecule has 1 aromatic heterocycles. The lowest BCUT2D eigenvalue weighted by Crippen LogP contribution is -2.52. The van der Waals surface area contributed by atoms with Crippen LogP contribution in [-0.4, -0.2) is 53.0 Å². The van der Waals surface area contributed by atoms with E-state index in [0.717, 1.165) is 17.6 Å². The Balaban J connectivity index is 1.94. The van der Waals surface area contributed by atoms with Gasteiger partial charge in [-0.2, -0.15) is 0 Å². The standard InChI is InChI=1S/C11H16BrN5O/c1-8(13)10(18)16-2-4-17(5-3-16)11-14-6-9(12)7-15-11/h6-8H,2-5,13H2,1H3/t8-/m1/s1. The highest BCUT2D eigenvalue weighted by Crippen LogP contribution is 2.13. The third kappa shape index (κ3) is 2.97. The second kappa shape index (κ2) is 5.62. The number of piperazine rings is 1. The van der Waals surface area contributed by atoms with Gasteiger partial charge in [-0.05, 0) is 22.9 Å². The molecule has 0 aliphatic carbocycles. The summed E-state index contributed by atoms with van der Waals surface area (Å²) in [6, 6.07) is -0.430. The first-order valence-corrected chi connectivity index (χ1v) is 6.64. The number of nitrogens with zero attached hydrogens (tertiary/aromatic N) is 4. The van der Waals surface area contributed by atoms with E-state index in [9.17, 15) is 4.79 Å². The van der Waals surface area contributed by atoms with Crippen LogP contribution < -0.4 is 10.6 Å². The number of carbonyl (C=O) groups is 1. The molecule has 1 saturated heterocycles. The number of aromatic nitrogens is 2. The molecule has 7 heteroatoms. The molecule has 1 fully saturated rings. The number of rotatable bonds is 2. The third-order valence-corrected chi connectivity index (χ3v) is 3.28. The summed E-state index contributed by atoms with van der Waals surface area (Å²) in [5, 5.41) is 0. The van der Waals surface area contributed by atoms with Gasteiger partial charge in [0.15, 0.2) is 0 Å². The number of anilines is 1. The number of hydrogen-bond acceptors (Lipinski definition) is 5. The predicted molar refractivity (Wildman–Crippen MR) is 72.2 cm³/mol. The lowest BCUT2D eigenvalue weighted by molar-refractivity contribution is -0.132. The summed E-state index contributed by atoms with van der Waals surface area (Å²) in [7, 11) is 0. The first-order chi connectivity index (χ1) is 8.58. The topological polar surface area (TPSA) is 75.4 Å². The lowest BCUT2D eigenvalue weighted by atomic mass is 10.2. The second-order valence-corrected chi connectivity index (χ2v) is 5.22. The minimum absolute atomic E-state index is 0.00590. The molecule has 18 heavy (non-hydrogen) atoms. The molecule has 0 radical (unpaired) electrons. The van der Waals surface area contributed by atoms with Crippen molar-refractivity contribution in [3.8, 4) is 0 Å². The third-order valence-electron chi connectivity index (χ3n) is 2.87. The maximum atomic E-state index is 11.7. The largest absolute Gasteiger partial charge is 0.338 e.